The lowest BCUT2D eigenvalue weighted by molar-refractivity contribution is 0.0601. The summed E-state index contributed by atoms with van der Waals surface area (Å²) < 4.78 is 15.5. The van der Waals surface area contributed by atoms with Crippen LogP contribution in [0.4, 0.5) is 15.3 Å². The molecular weight excluding hydrogens is 462 g/mol. The summed E-state index contributed by atoms with van der Waals surface area (Å²) in [6.07, 6.45) is 2.21. The molecule has 9 nitrogen and oxygen atoms in total. The first-order valence-electron chi connectivity index (χ1n) is 11.9. The average Bonchev–Trinajstić information content (AvgIpc) is 2.91. The van der Waals surface area contributed by atoms with Crippen molar-refractivity contribution in [3.8, 4) is 0 Å². The highest BCUT2D eigenvalue weighted by Gasteiger charge is 2.25. The molecule has 1 aliphatic heterocycles. The maximum atomic E-state index is 12.4. The van der Waals surface area contributed by atoms with Gasteiger partial charge in [-0.1, -0.05) is 36.4 Å². The van der Waals surface area contributed by atoms with Crippen molar-refractivity contribution in [3.05, 3.63) is 77.1 Å². The number of carbonyl (C=O) groups excluding carboxylic acids is 3. The SMILES string of the molecule is C/C=C(\C)OC(=O)NCc1ccc(NC2CCN(C(=O)OCc3ccccc3)CC2)c(C(=O)OC)c1. The van der Waals surface area contributed by atoms with Crippen LogP contribution in [0.5, 0.6) is 0 Å². The summed E-state index contributed by atoms with van der Waals surface area (Å²) in [6.45, 7) is 5.01. The van der Waals surface area contributed by atoms with E-state index in [0.717, 1.165) is 11.1 Å². The molecule has 2 aromatic rings. The normalized spacial score (nSPS) is 14.1. The van der Waals surface area contributed by atoms with Crippen LogP contribution in [0.2, 0.25) is 0 Å². The van der Waals surface area contributed by atoms with E-state index >= 15 is 0 Å². The minimum Gasteiger partial charge on any atom is -0.465 e. The number of esters is 1. The Kier molecular flexibility index (Phi) is 9.73. The lowest BCUT2D eigenvalue weighted by Gasteiger charge is -2.32. The minimum absolute atomic E-state index is 0.0781. The summed E-state index contributed by atoms with van der Waals surface area (Å²) in [5, 5.41) is 6.07. The van der Waals surface area contributed by atoms with Crippen LogP contribution in [0, 0.1) is 0 Å². The maximum absolute atomic E-state index is 12.4. The molecule has 1 heterocycles. The standard InChI is InChI=1S/C27H33N3O6/c1-4-19(2)36-26(32)28-17-21-10-11-24(23(16-21)25(31)34-3)29-22-12-14-30(15-13-22)27(33)35-18-20-8-6-5-7-9-20/h4-11,16,22,29H,12-15,17-18H2,1-3H3,(H,28,32)/b19-4+. The fourth-order valence-electron chi connectivity index (χ4n) is 3.76. The number of allylic oxidation sites excluding steroid dienone is 2. The second-order valence-electron chi connectivity index (χ2n) is 8.46. The zero-order chi connectivity index (χ0) is 25.9. The molecule has 2 aromatic carbocycles. The Hall–Kier alpha value is -4.01. The predicted octanol–water partition coefficient (Wildman–Crippen LogP) is 4.84. The first-order valence-corrected chi connectivity index (χ1v) is 11.9. The zero-order valence-corrected chi connectivity index (χ0v) is 20.9. The zero-order valence-electron chi connectivity index (χ0n) is 20.9. The number of anilines is 1. The second-order valence-corrected chi connectivity index (χ2v) is 8.46. The van der Waals surface area contributed by atoms with Gasteiger partial charge in [0.1, 0.15) is 12.4 Å². The Labute approximate surface area is 211 Å². The van der Waals surface area contributed by atoms with Gasteiger partial charge in [-0.05, 0) is 56.0 Å². The molecule has 0 bridgehead atoms. The fourth-order valence-corrected chi connectivity index (χ4v) is 3.76. The summed E-state index contributed by atoms with van der Waals surface area (Å²) in [5.41, 5.74) is 2.69. The van der Waals surface area contributed by atoms with E-state index in [4.69, 9.17) is 14.2 Å². The van der Waals surface area contributed by atoms with E-state index < -0.39 is 12.1 Å². The van der Waals surface area contributed by atoms with E-state index in [0.29, 0.717) is 42.9 Å². The smallest absolute Gasteiger partial charge is 0.412 e. The summed E-state index contributed by atoms with van der Waals surface area (Å²) in [5.74, 6) is 0.0198. The van der Waals surface area contributed by atoms with E-state index in [-0.39, 0.29) is 25.3 Å². The number of piperidine rings is 1. The van der Waals surface area contributed by atoms with Gasteiger partial charge in [-0.15, -0.1) is 0 Å². The van der Waals surface area contributed by atoms with Gasteiger partial charge in [0.05, 0.1) is 12.7 Å². The molecule has 0 spiro atoms. The maximum Gasteiger partial charge on any atom is 0.412 e. The molecule has 3 rings (SSSR count). The minimum atomic E-state index is -0.568. The Morgan fingerprint density at radius 3 is 2.44 bits per heavy atom. The fraction of sp³-hybridized carbons (Fsp3) is 0.370. The molecule has 0 atom stereocenters. The summed E-state index contributed by atoms with van der Waals surface area (Å²) in [6, 6.07) is 15.0. The van der Waals surface area contributed by atoms with Crippen LogP contribution in [0.1, 0.15) is 48.2 Å². The molecule has 192 valence electrons. The summed E-state index contributed by atoms with van der Waals surface area (Å²) in [4.78, 5) is 38.4. The topological polar surface area (TPSA) is 106 Å². The van der Waals surface area contributed by atoms with Gasteiger partial charge in [0.15, 0.2) is 0 Å². The van der Waals surface area contributed by atoms with Gasteiger partial charge >= 0.3 is 18.2 Å². The van der Waals surface area contributed by atoms with Gasteiger partial charge in [0, 0.05) is 31.4 Å². The molecule has 1 aliphatic rings. The summed E-state index contributed by atoms with van der Waals surface area (Å²) >= 11 is 0. The van der Waals surface area contributed by atoms with Crippen LogP contribution in [-0.4, -0.2) is 49.3 Å². The molecule has 0 aliphatic carbocycles. The molecule has 2 N–H and O–H groups in total. The van der Waals surface area contributed by atoms with Crippen LogP contribution in [-0.2, 0) is 27.4 Å². The number of hydrogen-bond donors (Lipinski definition) is 2. The van der Waals surface area contributed by atoms with E-state index in [9.17, 15) is 14.4 Å². The van der Waals surface area contributed by atoms with E-state index in [2.05, 4.69) is 10.6 Å². The highest BCUT2D eigenvalue weighted by atomic mass is 16.6. The first-order chi connectivity index (χ1) is 17.4. The van der Waals surface area contributed by atoms with Gasteiger partial charge in [-0.3, -0.25) is 0 Å². The molecule has 9 heteroatoms. The van der Waals surface area contributed by atoms with Gasteiger partial charge in [-0.25, -0.2) is 14.4 Å². The third-order valence-electron chi connectivity index (χ3n) is 5.90. The van der Waals surface area contributed by atoms with Crippen LogP contribution in [0.15, 0.2) is 60.4 Å². The molecular formula is C27H33N3O6. The largest absolute Gasteiger partial charge is 0.465 e. The number of methoxy groups -OCH3 is 1. The molecule has 0 radical (unpaired) electrons. The third kappa shape index (κ3) is 7.76. The van der Waals surface area contributed by atoms with Crippen LogP contribution >= 0.6 is 0 Å². The third-order valence-corrected chi connectivity index (χ3v) is 5.90. The van der Waals surface area contributed by atoms with Crippen molar-refractivity contribution in [2.24, 2.45) is 0 Å². The van der Waals surface area contributed by atoms with Crippen molar-refractivity contribution >= 4 is 23.8 Å². The van der Waals surface area contributed by atoms with Gasteiger partial charge in [0.25, 0.3) is 0 Å². The van der Waals surface area contributed by atoms with Crippen LogP contribution < -0.4 is 10.6 Å². The molecule has 36 heavy (non-hydrogen) atoms. The number of likely N-dealkylation sites (tertiary alicyclic amines) is 1. The number of ether oxygens (including phenoxy) is 3. The lowest BCUT2D eigenvalue weighted by Crippen LogP contribution is -2.42. The highest BCUT2D eigenvalue weighted by molar-refractivity contribution is 5.96. The quantitative estimate of drug-likeness (QED) is 0.307. The lowest BCUT2D eigenvalue weighted by atomic mass is 10.0. The molecule has 2 amide bonds. The highest BCUT2D eigenvalue weighted by Crippen LogP contribution is 2.23. The number of nitrogens with zero attached hydrogens (tertiary/aromatic N) is 1. The number of alkyl carbamates (subject to hydrolysis) is 1. The van der Waals surface area contributed by atoms with Gasteiger partial charge < -0.3 is 29.7 Å². The molecule has 1 saturated heterocycles. The first kappa shape index (κ1) is 26.6. The van der Waals surface area contributed by atoms with Crippen molar-refractivity contribution in [2.45, 2.75) is 45.9 Å². The van der Waals surface area contributed by atoms with Crippen molar-refractivity contribution in [3.63, 3.8) is 0 Å². The number of carbonyl (C=O) groups is 3. The summed E-state index contributed by atoms with van der Waals surface area (Å²) in [7, 11) is 1.33. The Balaban J connectivity index is 1.54. The molecule has 0 aromatic heterocycles. The van der Waals surface area contributed by atoms with Gasteiger partial charge in [-0.2, -0.15) is 0 Å². The van der Waals surface area contributed by atoms with Crippen LogP contribution in [0.3, 0.4) is 0 Å². The second kappa shape index (κ2) is 13.2. The Morgan fingerprint density at radius 1 is 1.06 bits per heavy atom. The van der Waals surface area contributed by atoms with Crippen molar-refractivity contribution in [1.29, 1.82) is 0 Å². The van der Waals surface area contributed by atoms with Crippen molar-refractivity contribution < 1.29 is 28.6 Å². The molecule has 0 unspecified atom stereocenters. The number of rotatable bonds is 8. The average molecular weight is 496 g/mol. The van der Waals surface area contributed by atoms with E-state index in [1.54, 1.807) is 37.0 Å². The van der Waals surface area contributed by atoms with Crippen molar-refractivity contribution in [2.75, 3.05) is 25.5 Å². The molecule has 1 fully saturated rings. The van der Waals surface area contributed by atoms with E-state index in [1.807, 2.05) is 36.4 Å². The number of amides is 2. The number of nitrogens with one attached hydrogen (secondary N) is 2. The van der Waals surface area contributed by atoms with E-state index in [1.165, 1.54) is 7.11 Å². The monoisotopic (exact) mass is 495 g/mol. The number of benzene rings is 2. The van der Waals surface area contributed by atoms with Crippen molar-refractivity contribution in [1.82, 2.24) is 10.2 Å². The molecule has 0 saturated carbocycles. The Morgan fingerprint density at radius 2 is 1.78 bits per heavy atom. The van der Waals surface area contributed by atoms with Crippen LogP contribution in [0.25, 0.3) is 0 Å². The Bertz CT molecular complexity index is 1080. The number of hydrogen-bond acceptors (Lipinski definition) is 7. The van der Waals surface area contributed by atoms with Gasteiger partial charge in [0.2, 0.25) is 0 Å². The predicted molar refractivity (Wildman–Crippen MR) is 135 cm³/mol.